The first-order valence-electron chi connectivity index (χ1n) is 6.72. The van der Waals surface area contributed by atoms with Gasteiger partial charge in [0.2, 0.25) is 5.91 Å². The summed E-state index contributed by atoms with van der Waals surface area (Å²) in [5.41, 5.74) is 5.33. The van der Waals surface area contributed by atoms with Crippen molar-refractivity contribution in [1.29, 1.82) is 0 Å². The molecule has 0 heterocycles. The molecule has 1 amide bonds. The molecule has 3 heteroatoms. The molecule has 1 saturated carbocycles. The molecule has 0 aromatic rings. The van der Waals surface area contributed by atoms with Gasteiger partial charge >= 0.3 is 0 Å². The van der Waals surface area contributed by atoms with Crippen molar-refractivity contribution >= 4 is 5.91 Å². The minimum Gasteiger partial charge on any atom is -0.369 e. The number of carbonyl (C=O) groups excluding carboxylic acids is 1. The number of hydrogen-bond donors (Lipinski definition) is 2. The second-order valence-electron chi connectivity index (χ2n) is 5.01. The summed E-state index contributed by atoms with van der Waals surface area (Å²) in [6.45, 7) is 4.47. The van der Waals surface area contributed by atoms with Gasteiger partial charge in [0.05, 0.1) is 0 Å². The van der Waals surface area contributed by atoms with Gasteiger partial charge in [-0.2, -0.15) is 0 Å². The Hall–Kier alpha value is -0.570. The first-order valence-corrected chi connectivity index (χ1v) is 6.72. The molecule has 94 valence electrons. The third-order valence-corrected chi connectivity index (χ3v) is 3.73. The van der Waals surface area contributed by atoms with Crippen molar-refractivity contribution in [2.24, 2.45) is 11.7 Å². The lowest BCUT2D eigenvalue weighted by Crippen LogP contribution is -2.41. The first kappa shape index (κ1) is 13.5. The van der Waals surface area contributed by atoms with Crippen molar-refractivity contribution in [3.8, 4) is 0 Å². The molecule has 3 nitrogen and oxygen atoms in total. The summed E-state index contributed by atoms with van der Waals surface area (Å²) >= 11 is 0. The van der Waals surface area contributed by atoms with E-state index in [0.717, 1.165) is 25.7 Å². The minimum absolute atomic E-state index is 0.112. The van der Waals surface area contributed by atoms with Gasteiger partial charge in [0, 0.05) is 18.0 Å². The van der Waals surface area contributed by atoms with E-state index in [9.17, 15) is 4.79 Å². The van der Waals surface area contributed by atoms with Gasteiger partial charge in [-0.1, -0.05) is 20.3 Å². The highest BCUT2D eigenvalue weighted by atomic mass is 16.1. The molecular weight excluding hydrogens is 200 g/mol. The molecule has 0 aromatic heterocycles. The van der Waals surface area contributed by atoms with Gasteiger partial charge in [0.1, 0.15) is 0 Å². The normalized spacial score (nSPS) is 27.6. The lowest BCUT2D eigenvalue weighted by molar-refractivity contribution is -0.122. The largest absolute Gasteiger partial charge is 0.369 e. The minimum atomic E-state index is -0.112. The van der Waals surface area contributed by atoms with E-state index in [1.807, 2.05) is 0 Å². The van der Waals surface area contributed by atoms with E-state index in [2.05, 4.69) is 19.2 Å². The van der Waals surface area contributed by atoms with Crippen LogP contribution in [-0.2, 0) is 4.79 Å². The SMILES string of the molecule is CCCC(CC)NC1CCC(C(N)=O)CC1. The maximum absolute atomic E-state index is 11.0. The number of amides is 1. The van der Waals surface area contributed by atoms with E-state index in [-0.39, 0.29) is 11.8 Å². The van der Waals surface area contributed by atoms with Crippen LogP contribution in [0.3, 0.4) is 0 Å². The second-order valence-corrected chi connectivity index (χ2v) is 5.01. The van der Waals surface area contributed by atoms with Gasteiger partial charge < -0.3 is 11.1 Å². The van der Waals surface area contributed by atoms with Gasteiger partial charge in [0.25, 0.3) is 0 Å². The zero-order chi connectivity index (χ0) is 12.0. The molecule has 0 bridgehead atoms. The average Bonchev–Trinajstić information content (AvgIpc) is 2.29. The Morgan fingerprint density at radius 1 is 1.31 bits per heavy atom. The van der Waals surface area contributed by atoms with Crippen LogP contribution in [0.1, 0.15) is 58.8 Å². The third-order valence-electron chi connectivity index (χ3n) is 3.73. The van der Waals surface area contributed by atoms with E-state index in [1.54, 1.807) is 0 Å². The van der Waals surface area contributed by atoms with Crippen LogP contribution in [0.5, 0.6) is 0 Å². The maximum Gasteiger partial charge on any atom is 0.220 e. The van der Waals surface area contributed by atoms with Gasteiger partial charge in [-0.3, -0.25) is 4.79 Å². The summed E-state index contributed by atoms with van der Waals surface area (Å²) < 4.78 is 0. The molecule has 0 spiro atoms. The molecule has 3 N–H and O–H groups in total. The number of nitrogens with two attached hydrogens (primary N) is 1. The van der Waals surface area contributed by atoms with E-state index >= 15 is 0 Å². The van der Waals surface area contributed by atoms with Gasteiger partial charge in [0.15, 0.2) is 0 Å². The van der Waals surface area contributed by atoms with E-state index in [0.29, 0.717) is 12.1 Å². The molecule has 0 aliphatic heterocycles. The molecule has 1 fully saturated rings. The van der Waals surface area contributed by atoms with Crippen LogP contribution < -0.4 is 11.1 Å². The summed E-state index contributed by atoms with van der Waals surface area (Å²) in [7, 11) is 0. The highest BCUT2D eigenvalue weighted by Crippen LogP contribution is 2.24. The number of hydrogen-bond acceptors (Lipinski definition) is 2. The van der Waals surface area contributed by atoms with E-state index < -0.39 is 0 Å². The van der Waals surface area contributed by atoms with Crippen molar-refractivity contribution < 1.29 is 4.79 Å². The van der Waals surface area contributed by atoms with Gasteiger partial charge in [-0.15, -0.1) is 0 Å². The fourth-order valence-corrected chi connectivity index (χ4v) is 2.63. The maximum atomic E-state index is 11.0. The van der Waals surface area contributed by atoms with Crippen LogP contribution in [0.15, 0.2) is 0 Å². The molecule has 1 atom stereocenters. The molecule has 0 aromatic carbocycles. The summed E-state index contributed by atoms with van der Waals surface area (Å²) in [4.78, 5) is 11.0. The van der Waals surface area contributed by atoms with Crippen LogP contribution in [0, 0.1) is 5.92 Å². The zero-order valence-corrected chi connectivity index (χ0v) is 10.7. The average molecular weight is 226 g/mol. The Bertz CT molecular complexity index is 210. The molecular formula is C13H26N2O. The molecule has 1 aliphatic rings. The van der Waals surface area contributed by atoms with Crippen molar-refractivity contribution in [2.45, 2.75) is 70.9 Å². The molecule has 0 saturated heterocycles. The van der Waals surface area contributed by atoms with Crippen molar-refractivity contribution in [3.05, 3.63) is 0 Å². The molecule has 1 unspecified atom stereocenters. The molecule has 0 radical (unpaired) electrons. The fraction of sp³-hybridized carbons (Fsp3) is 0.923. The Labute approximate surface area is 99.2 Å². The quantitative estimate of drug-likeness (QED) is 0.729. The summed E-state index contributed by atoms with van der Waals surface area (Å²) in [5.74, 6) is 0.0170. The molecule has 1 aliphatic carbocycles. The first-order chi connectivity index (χ1) is 7.67. The van der Waals surface area contributed by atoms with Crippen LogP contribution in [0.25, 0.3) is 0 Å². The Kier molecular flexibility index (Phi) is 5.81. The number of rotatable bonds is 6. The van der Waals surface area contributed by atoms with Crippen LogP contribution >= 0.6 is 0 Å². The monoisotopic (exact) mass is 226 g/mol. The summed E-state index contributed by atoms with van der Waals surface area (Å²) in [5, 5.41) is 3.71. The fourth-order valence-electron chi connectivity index (χ4n) is 2.63. The highest BCUT2D eigenvalue weighted by Gasteiger charge is 2.25. The van der Waals surface area contributed by atoms with Crippen LogP contribution in [0.4, 0.5) is 0 Å². The van der Waals surface area contributed by atoms with Crippen LogP contribution in [-0.4, -0.2) is 18.0 Å². The molecule has 16 heavy (non-hydrogen) atoms. The van der Waals surface area contributed by atoms with Crippen molar-refractivity contribution in [2.75, 3.05) is 0 Å². The molecule has 1 rings (SSSR count). The van der Waals surface area contributed by atoms with Crippen molar-refractivity contribution in [1.82, 2.24) is 5.32 Å². The van der Waals surface area contributed by atoms with Crippen LogP contribution in [0.2, 0.25) is 0 Å². The lowest BCUT2D eigenvalue weighted by atomic mass is 9.85. The van der Waals surface area contributed by atoms with Gasteiger partial charge in [-0.05, 0) is 38.5 Å². The van der Waals surface area contributed by atoms with E-state index in [4.69, 9.17) is 5.73 Å². The predicted molar refractivity (Wildman–Crippen MR) is 67.1 cm³/mol. The highest BCUT2D eigenvalue weighted by molar-refractivity contribution is 5.76. The third kappa shape index (κ3) is 4.12. The zero-order valence-electron chi connectivity index (χ0n) is 10.7. The second kappa shape index (κ2) is 6.89. The Balaban J connectivity index is 2.28. The Morgan fingerprint density at radius 2 is 1.94 bits per heavy atom. The number of carbonyl (C=O) groups is 1. The summed E-state index contributed by atoms with van der Waals surface area (Å²) in [6.07, 6.45) is 7.84. The van der Waals surface area contributed by atoms with Crippen molar-refractivity contribution in [3.63, 3.8) is 0 Å². The lowest BCUT2D eigenvalue weighted by Gasteiger charge is -2.30. The topological polar surface area (TPSA) is 55.1 Å². The smallest absolute Gasteiger partial charge is 0.220 e. The number of nitrogens with one attached hydrogen (secondary N) is 1. The Morgan fingerprint density at radius 3 is 2.38 bits per heavy atom. The predicted octanol–water partition coefficient (Wildman–Crippen LogP) is 2.20. The van der Waals surface area contributed by atoms with E-state index in [1.165, 1.54) is 19.3 Å². The standard InChI is InChI=1S/C13H26N2O/c1-3-5-11(4-2)15-12-8-6-10(7-9-12)13(14)16/h10-12,15H,3-9H2,1-2H3,(H2,14,16). The van der Waals surface area contributed by atoms with Gasteiger partial charge in [-0.25, -0.2) is 0 Å². The number of primary amides is 1. The summed E-state index contributed by atoms with van der Waals surface area (Å²) in [6, 6.07) is 1.26.